The molecule has 0 aliphatic heterocycles. The minimum absolute atomic E-state index is 0.217. The van der Waals surface area contributed by atoms with Crippen LogP contribution in [0.3, 0.4) is 0 Å². The Morgan fingerprint density at radius 3 is 2.68 bits per heavy atom. The van der Waals surface area contributed by atoms with Gasteiger partial charge in [-0.25, -0.2) is 0 Å². The van der Waals surface area contributed by atoms with Crippen molar-refractivity contribution in [2.45, 2.75) is 37.2 Å². The van der Waals surface area contributed by atoms with E-state index in [4.69, 9.17) is 5.73 Å². The van der Waals surface area contributed by atoms with Gasteiger partial charge in [0.25, 0.3) is 5.91 Å². The quantitative estimate of drug-likeness (QED) is 0.550. The highest BCUT2D eigenvalue weighted by molar-refractivity contribution is 8.00. The fourth-order valence-corrected chi connectivity index (χ4v) is 4.39. The van der Waals surface area contributed by atoms with E-state index in [-0.39, 0.29) is 5.91 Å². The molecule has 3 aromatic rings. The molecule has 0 fully saturated rings. The summed E-state index contributed by atoms with van der Waals surface area (Å²) in [5, 5.41) is 13.8. The van der Waals surface area contributed by atoms with Crippen LogP contribution >= 0.6 is 23.1 Å². The van der Waals surface area contributed by atoms with E-state index in [2.05, 4.69) is 27.6 Å². The number of carbonyl (C=O) groups excluding carboxylic acids is 2. The summed E-state index contributed by atoms with van der Waals surface area (Å²) in [4.78, 5) is 24.0. The fraction of sp³-hybridized carbons (Fsp3) is 0.263. The lowest BCUT2D eigenvalue weighted by Crippen LogP contribution is -2.24. The van der Waals surface area contributed by atoms with Gasteiger partial charge in [0.1, 0.15) is 10.8 Å². The predicted molar refractivity (Wildman–Crippen MR) is 112 cm³/mol. The summed E-state index contributed by atoms with van der Waals surface area (Å²) in [7, 11) is 0. The van der Waals surface area contributed by atoms with Crippen LogP contribution in [0, 0.1) is 0 Å². The molecule has 1 aromatic carbocycles. The zero-order valence-electron chi connectivity index (χ0n) is 15.6. The zero-order chi connectivity index (χ0) is 20.1. The first-order valence-electron chi connectivity index (χ1n) is 8.80. The first-order chi connectivity index (χ1) is 13.5. The summed E-state index contributed by atoms with van der Waals surface area (Å²) in [6.45, 7) is 4.53. The first kappa shape index (κ1) is 20.1. The first-order valence-corrected chi connectivity index (χ1v) is 10.6. The average Bonchev–Trinajstić information content (AvgIpc) is 3.29. The van der Waals surface area contributed by atoms with Crippen LogP contribution in [-0.2, 0) is 17.8 Å². The standard InChI is InChI=1S/C19H21N5O2S2/c1-3-24-15(11-13-7-5-4-6-8-13)22-23-19(24)28-12(2)17(26)21-18-14(16(20)25)9-10-27-18/h4-10,12H,3,11H2,1-2H3,(H2,20,25)(H,21,26)/t12-/m0/s1. The summed E-state index contributed by atoms with van der Waals surface area (Å²) < 4.78 is 2.02. The number of thioether (sulfide) groups is 1. The van der Waals surface area contributed by atoms with Crippen LogP contribution in [0.2, 0.25) is 0 Å². The molecular weight excluding hydrogens is 394 g/mol. The number of anilines is 1. The number of nitrogens with one attached hydrogen (secondary N) is 1. The molecule has 0 bridgehead atoms. The molecule has 28 heavy (non-hydrogen) atoms. The van der Waals surface area contributed by atoms with Crippen molar-refractivity contribution < 1.29 is 9.59 Å². The van der Waals surface area contributed by atoms with E-state index in [0.717, 1.165) is 11.4 Å². The number of aromatic nitrogens is 3. The van der Waals surface area contributed by atoms with Gasteiger partial charge in [0.05, 0.1) is 10.8 Å². The fourth-order valence-electron chi connectivity index (χ4n) is 2.66. The van der Waals surface area contributed by atoms with E-state index in [1.54, 1.807) is 18.4 Å². The van der Waals surface area contributed by atoms with Gasteiger partial charge in [-0.3, -0.25) is 9.59 Å². The molecule has 0 unspecified atom stereocenters. The summed E-state index contributed by atoms with van der Waals surface area (Å²) in [6, 6.07) is 11.7. The molecule has 2 amide bonds. The smallest absolute Gasteiger partial charge is 0.251 e. The number of carbonyl (C=O) groups is 2. The lowest BCUT2D eigenvalue weighted by Gasteiger charge is -2.12. The normalized spacial score (nSPS) is 11.9. The van der Waals surface area contributed by atoms with E-state index in [1.165, 1.54) is 23.1 Å². The Hall–Kier alpha value is -2.65. The van der Waals surface area contributed by atoms with Crippen LogP contribution in [0.25, 0.3) is 0 Å². The van der Waals surface area contributed by atoms with Crippen LogP contribution in [0.1, 0.15) is 35.6 Å². The van der Waals surface area contributed by atoms with Gasteiger partial charge < -0.3 is 15.6 Å². The second kappa shape index (κ2) is 9.03. The molecule has 0 spiro atoms. The molecule has 1 atom stereocenters. The van der Waals surface area contributed by atoms with Crippen molar-refractivity contribution in [1.29, 1.82) is 0 Å². The number of amides is 2. The van der Waals surface area contributed by atoms with E-state index >= 15 is 0 Å². The van der Waals surface area contributed by atoms with Gasteiger partial charge in [-0.1, -0.05) is 42.1 Å². The Morgan fingerprint density at radius 2 is 2.00 bits per heavy atom. The van der Waals surface area contributed by atoms with Gasteiger partial charge in [0, 0.05) is 13.0 Å². The van der Waals surface area contributed by atoms with Gasteiger partial charge in [0.2, 0.25) is 5.91 Å². The minimum atomic E-state index is -0.562. The van der Waals surface area contributed by atoms with Crippen LogP contribution < -0.4 is 11.1 Å². The van der Waals surface area contributed by atoms with Gasteiger partial charge >= 0.3 is 0 Å². The Labute approximate surface area is 171 Å². The van der Waals surface area contributed by atoms with E-state index < -0.39 is 11.2 Å². The van der Waals surface area contributed by atoms with Crippen molar-refractivity contribution in [3.05, 3.63) is 58.7 Å². The third-order valence-corrected chi connectivity index (χ3v) is 6.04. The molecule has 2 heterocycles. The largest absolute Gasteiger partial charge is 0.366 e. The summed E-state index contributed by atoms with van der Waals surface area (Å²) >= 11 is 2.60. The Bertz CT molecular complexity index is 968. The van der Waals surface area contributed by atoms with Gasteiger partial charge in [0.15, 0.2) is 5.16 Å². The third-order valence-electron chi connectivity index (χ3n) is 4.13. The second-order valence-electron chi connectivity index (χ2n) is 6.08. The van der Waals surface area contributed by atoms with Gasteiger partial charge in [-0.2, -0.15) is 0 Å². The van der Waals surface area contributed by atoms with Gasteiger partial charge in [-0.15, -0.1) is 21.5 Å². The maximum Gasteiger partial charge on any atom is 0.251 e. The number of thiophene rings is 1. The van der Waals surface area contributed by atoms with Crippen LogP contribution in [0.5, 0.6) is 0 Å². The molecule has 7 nitrogen and oxygen atoms in total. The topological polar surface area (TPSA) is 103 Å². The molecule has 2 aromatic heterocycles. The molecule has 3 rings (SSSR count). The number of primary amides is 1. The Kier molecular flexibility index (Phi) is 6.48. The minimum Gasteiger partial charge on any atom is -0.366 e. The van der Waals surface area contributed by atoms with E-state index in [0.29, 0.717) is 28.7 Å². The van der Waals surface area contributed by atoms with Crippen LogP contribution in [0.15, 0.2) is 46.9 Å². The highest BCUT2D eigenvalue weighted by atomic mass is 32.2. The third kappa shape index (κ3) is 4.60. The molecule has 3 N–H and O–H groups in total. The maximum atomic E-state index is 12.6. The number of hydrogen-bond acceptors (Lipinski definition) is 6. The Balaban J connectivity index is 1.69. The lowest BCUT2D eigenvalue weighted by atomic mass is 10.1. The molecule has 0 radical (unpaired) electrons. The SMILES string of the molecule is CCn1c(Cc2ccccc2)nnc1S[C@@H](C)C(=O)Nc1sccc1C(N)=O. The highest BCUT2D eigenvalue weighted by Crippen LogP contribution is 2.27. The second-order valence-corrected chi connectivity index (χ2v) is 8.31. The van der Waals surface area contributed by atoms with Crippen molar-refractivity contribution in [3.63, 3.8) is 0 Å². The molecule has 0 saturated carbocycles. The number of benzene rings is 1. The number of nitrogens with two attached hydrogens (primary N) is 1. The van der Waals surface area contributed by atoms with Gasteiger partial charge in [-0.05, 0) is 30.9 Å². The molecule has 146 valence electrons. The van der Waals surface area contributed by atoms with Crippen LogP contribution in [-0.4, -0.2) is 31.8 Å². The predicted octanol–water partition coefficient (Wildman–Crippen LogP) is 3.17. The average molecular weight is 416 g/mol. The van der Waals surface area contributed by atoms with Crippen molar-refractivity contribution in [3.8, 4) is 0 Å². The Morgan fingerprint density at radius 1 is 1.25 bits per heavy atom. The molecule has 0 saturated heterocycles. The van der Waals surface area contributed by atoms with Crippen molar-refractivity contribution in [1.82, 2.24) is 14.8 Å². The number of hydrogen-bond donors (Lipinski definition) is 2. The van der Waals surface area contributed by atoms with Crippen LogP contribution in [0.4, 0.5) is 5.00 Å². The summed E-state index contributed by atoms with van der Waals surface area (Å²) in [5.74, 6) is 0.0800. The highest BCUT2D eigenvalue weighted by Gasteiger charge is 2.21. The number of nitrogens with zero attached hydrogens (tertiary/aromatic N) is 3. The molecule has 9 heteroatoms. The van der Waals surface area contributed by atoms with Crippen molar-refractivity contribution in [2.24, 2.45) is 5.73 Å². The summed E-state index contributed by atoms with van der Waals surface area (Å²) in [5.41, 5.74) is 6.80. The summed E-state index contributed by atoms with van der Waals surface area (Å²) in [6.07, 6.45) is 0.681. The monoisotopic (exact) mass is 415 g/mol. The lowest BCUT2D eigenvalue weighted by molar-refractivity contribution is -0.115. The number of rotatable bonds is 8. The van der Waals surface area contributed by atoms with E-state index in [9.17, 15) is 9.59 Å². The zero-order valence-corrected chi connectivity index (χ0v) is 17.2. The molecule has 0 aliphatic carbocycles. The maximum absolute atomic E-state index is 12.6. The van der Waals surface area contributed by atoms with E-state index in [1.807, 2.05) is 29.7 Å². The molecular formula is C19H21N5O2S2. The van der Waals surface area contributed by atoms with Crippen molar-refractivity contribution >= 4 is 39.9 Å². The van der Waals surface area contributed by atoms with Crippen molar-refractivity contribution in [2.75, 3.05) is 5.32 Å². The molecule has 0 aliphatic rings.